The number of allylic oxidation sites excluding steroid dienone is 1. The molecule has 2 aliphatic rings. The average molecular weight is 563 g/mol. The third-order valence-electron chi connectivity index (χ3n) is 10.6. The average Bonchev–Trinajstić information content (AvgIpc) is 2.85. The first-order chi connectivity index (χ1) is 18.6. The first kappa shape index (κ1) is 31.2. The maximum Gasteiger partial charge on any atom is 0.261 e. The number of hydrogen-bond acceptors (Lipinski definition) is 3. The smallest absolute Gasteiger partial charge is 0.261 e. The molecular weight excluding hydrogens is 508 g/mol. The lowest BCUT2D eigenvalue weighted by atomic mass is 9.47. The molecule has 2 aromatic carbocycles. The molecule has 0 unspecified atom stereocenters. The van der Waals surface area contributed by atoms with Crippen molar-refractivity contribution in [3.63, 3.8) is 0 Å². The summed E-state index contributed by atoms with van der Waals surface area (Å²) < 4.78 is 7.07. The molecule has 0 heterocycles. The summed E-state index contributed by atoms with van der Waals surface area (Å²) in [5.74, 6) is 0.635. The van der Waals surface area contributed by atoms with E-state index >= 15 is 0 Å². The molecule has 2 N–H and O–H groups in total. The molecule has 4 rings (SSSR count). The standard InChI is InChI=1S/C36H54O3Si/c1-27-20-21-31-34(5,6)22-15-23-36(31,8)32(27)30(37)26-35(7,38)24-25-39-40(33(2,3)4,28-16-11-9-12-17-28)29-18-13-10-14-19-29/h9-14,16-20,30-32,37-38H,15,21-26H2,1-8H3/t30-,31-,32-,35-,36-/m0/s1. The van der Waals surface area contributed by atoms with E-state index in [4.69, 9.17) is 4.43 Å². The molecule has 0 spiro atoms. The molecule has 0 amide bonds. The van der Waals surface area contributed by atoms with Gasteiger partial charge in [0.2, 0.25) is 0 Å². The van der Waals surface area contributed by atoms with Gasteiger partial charge in [-0.05, 0) is 71.7 Å². The van der Waals surface area contributed by atoms with Crippen molar-refractivity contribution in [2.45, 2.75) is 111 Å². The first-order valence-corrected chi connectivity index (χ1v) is 17.4. The van der Waals surface area contributed by atoms with Gasteiger partial charge in [-0.25, -0.2) is 0 Å². The van der Waals surface area contributed by atoms with E-state index in [2.05, 4.69) is 115 Å². The monoisotopic (exact) mass is 562 g/mol. The summed E-state index contributed by atoms with van der Waals surface area (Å²) >= 11 is 0. The van der Waals surface area contributed by atoms with E-state index in [-0.39, 0.29) is 21.8 Å². The van der Waals surface area contributed by atoms with Crippen LogP contribution in [0.1, 0.15) is 93.9 Å². The van der Waals surface area contributed by atoms with Gasteiger partial charge < -0.3 is 14.6 Å². The van der Waals surface area contributed by atoms with Crippen molar-refractivity contribution in [1.29, 1.82) is 0 Å². The van der Waals surface area contributed by atoms with Gasteiger partial charge in [0.25, 0.3) is 8.32 Å². The van der Waals surface area contributed by atoms with Crippen LogP contribution in [0.4, 0.5) is 0 Å². The highest BCUT2D eigenvalue weighted by Gasteiger charge is 2.54. The van der Waals surface area contributed by atoms with Gasteiger partial charge in [0.05, 0.1) is 11.7 Å². The second-order valence-corrected chi connectivity index (χ2v) is 19.4. The van der Waals surface area contributed by atoms with Crippen LogP contribution in [0.5, 0.6) is 0 Å². The van der Waals surface area contributed by atoms with Crippen molar-refractivity contribution >= 4 is 18.7 Å². The summed E-state index contributed by atoms with van der Waals surface area (Å²) in [6.07, 6.45) is 7.33. The van der Waals surface area contributed by atoms with Gasteiger partial charge >= 0.3 is 0 Å². The van der Waals surface area contributed by atoms with Crippen molar-refractivity contribution in [1.82, 2.24) is 0 Å². The zero-order valence-corrected chi connectivity index (χ0v) is 27.3. The Labute approximate surface area is 245 Å². The van der Waals surface area contributed by atoms with Crippen LogP contribution < -0.4 is 10.4 Å². The molecule has 40 heavy (non-hydrogen) atoms. The Bertz CT molecular complexity index is 1110. The summed E-state index contributed by atoms with van der Waals surface area (Å²) in [6, 6.07) is 21.3. The van der Waals surface area contributed by atoms with E-state index in [1.807, 2.05) is 6.92 Å². The molecule has 1 fully saturated rings. The van der Waals surface area contributed by atoms with Gasteiger partial charge in [-0.15, -0.1) is 0 Å². The minimum absolute atomic E-state index is 0.0570. The lowest BCUT2D eigenvalue weighted by Crippen LogP contribution is -2.66. The van der Waals surface area contributed by atoms with Crippen molar-refractivity contribution in [3.05, 3.63) is 72.3 Å². The molecule has 0 bridgehead atoms. The maximum absolute atomic E-state index is 11.8. The molecule has 0 aromatic heterocycles. The SMILES string of the molecule is CC1=CC[C@H]2C(C)(C)CCC[C@]2(C)[C@@H]1[C@@H](O)C[C@@](C)(O)CCO[Si](c1ccccc1)(c1ccccc1)C(C)(C)C. The summed E-state index contributed by atoms with van der Waals surface area (Å²) in [5, 5.41) is 25.8. The lowest BCUT2D eigenvalue weighted by Gasteiger charge is -2.58. The number of aliphatic hydroxyl groups excluding tert-OH is 1. The Hall–Kier alpha value is -1.72. The van der Waals surface area contributed by atoms with E-state index in [0.717, 1.165) is 12.8 Å². The van der Waals surface area contributed by atoms with Crippen molar-refractivity contribution in [3.8, 4) is 0 Å². The lowest BCUT2D eigenvalue weighted by molar-refractivity contribution is -0.0965. The third-order valence-corrected chi connectivity index (χ3v) is 15.6. The molecule has 2 aliphatic carbocycles. The van der Waals surface area contributed by atoms with E-state index in [1.165, 1.54) is 28.8 Å². The molecule has 0 aliphatic heterocycles. The Balaban J connectivity index is 1.54. The highest BCUT2D eigenvalue weighted by molar-refractivity contribution is 6.99. The molecule has 220 valence electrons. The second-order valence-electron chi connectivity index (χ2n) is 15.1. The van der Waals surface area contributed by atoms with Crippen molar-refractivity contribution in [2.24, 2.45) is 22.7 Å². The fourth-order valence-electron chi connectivity index (χ4n) is 8.68. The number of aliphatic hydroxyl groups is 2. The van der Waals surface area contributed by atoms with Crippen molar-refractivity contribution < 1.29 is 14.6 Å². The van der Waals surface area contributed by atoms with Crippen LogP contribution in [0.3, 0.4) is 0 Å². The molecular formula is C36H54O3Si. The van der Waals surface area contributed by atoms with Crippen LogP contribution in [0.25, 0.3) is 0 Å². The largest absolute Gasteiger partial charge is 0.407 e. The van der Waals surface area contributed by atoms with Gasteiger partial charge in [-0.2, -0.15) is 0 Å². The van der Waals surface area contributed by atoms with Crippen LogP contribution in [-0.2, 0) is 4.43 Å². The van der Waals surface area contributed by atoms with Gasteiger partial charge in [-0.1, -0.05) is 120 Å². The van der Waals surface area contributed by atoms with Gasteiger partial charge in [0.15, 0.2) is 0 Å². The second kappa shape index (κ2) is 11.5. The number of rotatable bonds is 9. The molecule has 4 heteroatoms. The molecule has 0 radical (unpaired) electrons. The molecule has 5 atom stereocenters. The van der Waals surface area contributed by atoms with Crippen LogP contribution in [0, 0.1) is 22.7 Å². The Morgan fingerprint density at radius 3 is 2.00 bits per heavy atom. The predicted molar refractivity (Wildman–Crippen MR) is 171 cm³/mol. The van der Waals surface area contributed by atoms with E-state index in [1.54, 1.807) is 0 Å². The van der Waals surface area contributed by atoms with Crippen LogP contribution >= 0.6 is 0 Å². The zero-order valence-electron chi connectivity index (χ0n) is 26.3. The van der Waals surface area contributed by atoms with E-state index in [9.17, 15) is 10.2 Å². The minimum Gasteiger partial charge on any atom is -0.407 e. The van der Waals surface area contributed by atoms with E-state index in [0.29, 0.717) is 25.4 Å². The topological polar surface area (TPSA) is 49.7 Å². The van der Waals surface area contributed by atoms with E-state index < -0.39 is 20.0 Å². The van der Waals surface area contributed by atoms with Crippen LogP contribution in [-0.4, -0.2) is 36.8 Å². The number of benzene rings is 2. The molecule has 1 saturated carbocycles. The zero-order chi connectivity index (χ0) is 29.4. The Kier molecular flexibility index (Phi) is 8.99. The van der Waals surface area contributed by atoms with Gasteiger partial charge in [-0.3, -0.25) is 0 Å². The molecule has 0 saturated heterocycles. The fourth-order valence-corrected chi connectivity index (χ4v) is 13.2. The van der Waals surface area contributed by atoms with Crippen LogP contribution in [0.15, 0.2) is 72.3 Å². The van der Waals surface area contributed by atoms with Gasteiger partial charge in [0, 0.05) is 18.9 Å². The maximum atomic E-state index is 11.8. The summed E-state index contributed by atoms with van der Waals surface area (Å²) in [6.45, 7) is 18.6. The predicted octanol–water partition coefficient (Wildman–Crippen LogP) is 7.25. The molecule has 3 nitrogen and oxygen atoms in total. The number of fused-ring (bicyclic) bond motifs is 1. The van der Waals surface area contributed by atoms with Crippen LogP contribution in [0.2, 0.25) is 5.04 Å². The Morgan fingerprint density at radius 2 is 1.48 bits per heavy atom. The highest BCUT2D eigenvalue weighted by Crippen LogP contribution is 2.60. The third kappa shape index (κ3) is 5.93. The normalized spacial score (nSPS) is 27.3. The number of hydrogen-bond donors (Lipinski definition) is 2. The highest BCUT2D eigenvalue weighted by atomic mass is 28.4. The summed E-state index contributed by atoms with van der Waals surface area (Å²) in [5.41, 5.74) is 0.595. The van der Waals surface area contributed by atoms with Gasteiger partial charge in [0.1, 0.15) is 0 Å². The van der Waals surface area contributed by atoms with Crippen molar-refractivity contribution in [2.75, 3.05) is 6.61 Å². The Morgan fingerprint density at radius 1 is 0.925 bits per heavy atom. The first-order valence-electron chi connectivity index (χ1n) is 15.5. The summed E-state index contributed by atoms with van der Waals surface area (Å²) in [7, 11) is -2.67. The molecule has 2 aromatic rings. The minimum atomic E-state index is -2.67. The summed E-state index contributed by atoms with van der Waals surface area (Å²) in [4.78, 5) is 0. The quantitative estimate of drug-likeness (QED) is 0.250. The fraction of sp³-hybridized carbons (Fsp3) is 0.611.